The molecule has 46 heavy (non-hydrogen) atoms. The van der Waals surface area contributed by atoms with Gasteiger partial charge in [-0.15, -0.1) is 0 Å². The van der Waals surface area contributed by atoms with Crippen molar-refractivity contribution < 1.29 is 4.42 Å². The molecule has 0 atom stereocenters. The summed E-state index contributed by atoms with van der Waals surface area (Å²) in [7, 11) is 0. The molecule has 0 amide bonds. The van der Waals surface area contributed by atoms with Crippen LogP contribution < -0.4 is 4.90 Å². The van der Waals surface area contributed by atoms with Crippen molar-refractivity contribution in [2.75, 3.05) is 4.90 Å². The Morgan fingerprint density at radius 2 is 1.28 bits per heavy atom. The number of rotatable bonds is 5. The number of nitrogens with zero attached hydrogens (tertiary/aromatic N) is 1. The van der Waals surface area contributed by atoms with Crippen LogP contribution in [0.15, 0.2) is 173 Å². The summed E-state index contributed by atoms with van der Waals surface area (Å²) in [4.78, 5) is 2.45. The summed E-state index contributed by atoms with van der Waals surface area (Å²) in [5.41, 5.74) is 13.9. The van der Waals surface area contributed by atoms with Gasteiger partial charge in [-0.1, -0.05) is 133 Å². The summed E-state index contributed by atoms with van der Waals surface area (Å²) in [5, 5.41) is 2.28. The molecule has 2 aliphatic rings. The highest BCUT2D eigenvalue weighted by atomic mass is 16.3. The second-order valence-corrected chi connectivity index (χ2v) is 12.5. The molecule has 0 saturated heterocycles. The van der Waals surface area contributed by atoms with Gasteiger partial charge in [0.05, 0.1) is 11.1 Å². The molecule has 2 nitrogen and oxygen atoms in total. The van der Waals surface area contributed by atoms with Gasteiger partial charge >= 0.3 is 0 Å². The molecule has 0 aliphatic heterocycles. The quantitative estimate of drug-likeness (QED) is 0.198. The van der Waals surface area contributed by atoms with Crippen molar-refractivity contribution in [1.29, 1.82) is 0 Å². The van der Waals surface area contributed by atoms with E-state index in [2.05, 4.69) is 164 Å². The lowest BCUT2D eigenvalue weighted by Gasteiger charge is -2.35. The summed E-state index contributed by atoms with van der Waals surface area (Å²) in [6.45, 7) is 2.20. The molecule has 6 aromatic carbocycles. The molecule has 0 spiro atoms. The number of fused-ring (bicyclic) bond motifs is 6. The summed E-state index contributed by atoms with van der Waals surface area (Å²) in [5.74, 6) is 0. The first-order valence-corrected chi connectivity index (χ1v) is 16.2. The van der Waals surface area contributed by atoms with Crippen molar-refractivity contribution in [3.8, 4) is 11.1 Å². The topological polar surface area (TPSA) is 16.4 Å². The van der Waals surface area contributed by atoms with Crippen LogP contribution in [0, 0.1) is 0 Å². The van der Waals surface area contributed by atoms with E-state index in [1.807, 2.05) is 6.07 Å². The van der Waals surface area contributed by atoms with E-state index < -0.39 is 5.41 Å². The number of furan rings is 1. The minimum absolute atomic E-state index is 0.460. The highest BCUT2D eigenvalue weighted by Gasteiger charge is 2.46. The second kappa shape index (κ2) is 10.5. The predicted octanol–water partition coefficient (Wildman–Crippen LogP) is 11.7. The third kappa shape index (κ3) is 3.90. The summed E-state index contributed by atoms with van der Waals surface area (Å²) in [6, 6.07) is 53.0. The number of anilines is 2. The van der Waals surface area contributed by atoms with E-state index in [9.17, 15) is 0 Å². The van der Waals surface area contributed by atoms with Crippen LogP contribution in [-0.2, 0) is 5.41 Å². The van der Waals surface area contributed by atoms with Crippen LogP contribution in [0.25, 0.3) is 33.1 Å². The SMILES string of the molecule is CC1=CCCC(N(c2ccc3c(c2)C(c2ccccc2)(c2ccccc2)c2ccccc2-3)c2cccc3c2oc2ccccc23)=C1. The maximum atomic E-state index is 6.64. The Balaban J connectivity index is 1.35. The van der Waals surface area contributed by atoms with Crippen LogP contribution in [0.2, 0.25) is 0 Å². The maximum absolute atomic E-state index is 6.64. The van der Waals surface area contributed by atoms with Gasteiger partial charge in [0.25, 0.3) is 0 Å². The molecule has 2 aliphatic carbocycles. The minimum atomic E-state index is -0.460. The molecule has 0 saturated carbocycles. The number of allylic oxidation sites excluding steroid dienone is 4. The van der Waals surface area contributed by atoms with E-state index in [1.54, 1.807) is 0 Å². The molecule has 1 heterocycles. The van der Waals surface area contributed by atoms with Crippen LogP contribution in [-0.4, -0.2) is 0 Å². The molecule has 220 valence electrons. The first kappa shape index (κ1) is 26.8. The Bertz CT molecular complexity index is 2280. The van der Waals surface area contributed by atoms with Gasteiger partial charge in [0.1, 0.15) is 5.58 Å². The van der Waals surface area contributed by atoms with Gasteiger partial charge in [0.2, 0.25) is 0 Å². The lowest BCUT2D eigenvalue weighted by Crippen LogP contribution is -2.29. The van der Waals surface area contributed by atoms with Gasteiger partial charge < -0.3 is 9.32 Å². The van der Waals surface area contributed by atoms with Crippen LogP contribution in [0.1, 0.15) is 42.0 Å². The third-order valence-electron chi connectivity index (χ3n) is 9.87. The van der Waals surface area contributed by atoms with Crippen molar-refractivity contribution in [3.05, 3.63) is 191 Å². The van der Waals surface area contributed by atoms with Gasteiger partial charge in [-0.3, -0.25) is 0 Å². The molecule has 9 rings (SSSR count). The van der Waals surface area contributed by atoms with E-state index >= 15 is 0 Å². The average molecular weight is 592 g/mol. The molecule has 2 heteroatoms. The fourth-order valence-corrected chi connectivity index (χ4v) is 7.96. The minimum Gasteiger partial charge on any atom is -0.454 e. The first-order valence-electron chi connectivity index (χ1n) is 16.2. The average Bonchev–Trinajstić information content (AvgIpc) is 3.64. The predicted molar refractivity (Wildman–Crippen MR) is 191 cm³/mol. The Morgan fingerprint density at radius 1 is 0.609 bits per heavy atom. The molecule has 0 N–H and O–H groups in total. The van der Waals surface area contributed by atoms with Crippen LogP contribution >= 0.6 is 0 Å². The highest BCUT2D eigenvalue weighted by molar-refractivity contribution is 6.09. The van der Waals surface area contributed by atoms with Crippen molar-refractivity contribution in [1.82, 2.24) is 0 Å². The van der Waals surface area contributed by atoms with Gasteiger partial charge in [0.15, 0.2) is 5.58 Å². The Hall–Kier alpha value is -5.60. The number of hydrogen-bond acceptors (Lipinski definition) is 2. The summed E-state index contributed by atoms with van der Waals surface area (Å²) in [6.07, 6.45) is 6.64. The van der Waals surface area contributed by atoms with Crippen molar-refractivity contribution in [2.24, 2.45) is 0 Å². The van der Waals surface area contributed by atoms with Gasteiger partial charge in [-0.25, -0.2) is 0 Å². The molecule has 0 bridgehead atoms. The van der Waals surface area contributed by atoms with Crippen LogP contribution in [0.3, 0.4) is 0 Å². The van der Waals surface area contributed by atoms with E-state index in [1.165, 1.54) is 44.7 Å². The normalized spacial score (nSPS) is 14.9. The summed E-state index contributed by atoms with van der Waals surface area (Å²) >= 11 is 0. The smallest absolute Gasteiger partial charge is 0.159 e. The fourth-order valence-electron chi connectivity index (χ4n) is 7.96. The zero-order chi connectivity index (χ0) is 30.7. The Kier molecular flexibility index (Phi) is 6.11. The number of para-hydroxylation sites is 2. The molecule has 0 fully saturated rings. The second-order valence-electron chi connectivity index (χ2n) is 12.5. The monoisotopic (exact) mass is 591 g/mol. The lowest BCUT2D eigenvalue weighted by molar-refractivity contribution is 0.668. The third-order valence-corrected chi connectivity index (χ3v) is 9.87. The van der Waals surface area contributed by atoms with Crippen LogP contribution in [0.5, 0.6) is 0 Å². The largest absolute Gasteiger partial charge is 0.454 e. The van der Waals surface area contributed by atoms with E-state index in [-0.39, 0.29) is 0 Å². The molecule has 0 radical (unpaired) electrons. The fraction of sp³-hybridized carbons (Fsp3) is 0.0909. The molecular formula is C44H33NO. The maximum Gasteiger partial charge on any atom is 0.159 e. The molecule has 1 aromatic heterocycles. The van der Waals surface area contributed by atoms with Crippen molar-refractivity contribution in [3.63, 3.8) is 0 Å². The molecule has 0 unspecified atom stereocenters. The highest BCUT2D eigenvalue weighted by Crippen LogP contribution is 2.57. The van der Waals surface area contributed by atoms with E-state index in [0.717, 1.165) is 46.2 Å². The van der Waals surface area contributed by atoms with Crippen molar-refractivity contribution >= 4 is 33.3 Å². The Labute approximate surface area is 269 Å². The zero-order valence-electron chi connectivity index (χ0n) is 25.8. The van der Waals surface area contributed by atoms with E-state index in [0.29, 0.717) is 0 Å². The first-order chi connectivity index (χ1) is 22.7. The number of hydrogen-bond donors (Lipinski definition) is 0. The van der Waals surface area contributed by atoms with Gasteiger partial charge in [-0.2, -0.15) is 0 Å². The lowest BCUT2D eigenvalue weighted by atomic mass is 9.67. The molecule has 7 aromatic rings. The standard InChI is InChI=1S/C44H33NO/c1-30-14-12-19-33(28-30)45(41-24-13-22-38-37-21-9-11-25-42(37)46-43(38)41)34-26-27-36-35-20-8-10-23-39(35)44(40(36)29-34,31-15-4-2-5-16-31)32-17-6-3-7-18-32/h2-11,13-18,20-29H,12,19H2,1H3. The Morgan fingerprint density at radius 3 is 2.07 bits per heavy atom. The molecular weight excluding hydrogens is 558 g/mol. The number of benzene rings is 6. The summed E-state index contributed by atoms with van der Waals surface area (Å²) < 4.78 is 6.64. The van der Waals surface area contributed by atoms with Crippen molar-refractivity contribution in [2.45, 2.75) is 25.2 Å². The van der Waals surface area contributed by atoms with Crippen LogP contribution in [0.4, 0.5) is 11.4 Å². The van der Waals surface area contributed by atoms with E-state index in [4.69, 9.17) is 4.42 Å². The van der Waals surface area contributed by atoms with Gasteiger partial charge in [0, 0.05) is 22.2 Å². The van der Waals surface area contributed by atoms with Gasteiger partial charge in [-0.05, 0) is 83.5 Å². The zero-order valence-corrected chi connectivity index (χ0v) is 25.8.